The average molecular weight is 300 g/mol. The maximum Gasteiger partial charge on any atom is 0.332 e. The Morgan fingerprint density at radius 3 is 1.86 bits per heavy atom. The number of aliphatic carboxylic acids is 1. The van der Waals surface area contributed by atoms with Gasteiger partial charge in [-0.05, 0) is 24.0 Å². The van der Waals surface area contributed by atoms with Gasteiger partial charge in [0.2, 0.25) is 0 Å². The van der Waals surface area contributed by atoms with Crippen molar-refractivity contribution in [3.63, 3.8) is 0 Å². The SMILES string of the molecule is CC(C)c1ccccc1.C[C@H](OCc1ccccc1)C(=O)O. The topological polar surface area (TPSA) is 46.5 Å². The highest BCUT2D eigenvalue weighted by atomic mass is 16.5. The van der Waals surface area contributed by atoms with Crippen LogP contribution in [-0.4, -0.2) is 17.2 Å². The van der Waals surface area contributed by atoms with E-state index in [0.29, 0.717) is 12.5 Å². The summed E-state index contributed by atoms with van der Waals surface area (Å²) in [5, 5.41) is 8.54. The van der Waals surface area contributed by atoms with E-state index in [9.17, 15) is 4.79 Å². The average Bonchev–Trinajstić information content (AvgIpc) is 2.55. The van der Waals surface area contributed by atoms with Gasteiger partial charge in [0, 0.05) is 0 Å². The molecule has 1 atom stereocenters. The Morgan fingerprint density at radius 1 is 0.955 bits per heavy atom. The molecule has 0 aromatic heterocycles. The number of ether oxygens (including phenoxy) is 1. The molecule has 0 aliphatic carbocycles. The first kappa shape index (κ1) is 17.9. The van der Waals surface area contributed by atoms with E-state index < -0.39 is 12.1 Å². The Kier molecular flexibility index (Phi) is 7.94. The fourth-order valence-electron chi connectivity index (χ4n) is 1.70. The fourth-order valence-corrected chi connectivity index (χ4v) is 1.70. The molecule has 1 N–H and O–H groups in total. The van der Waals surface area contributed by atoms with Gasteiger partial charge in [-0.15, -0.1) is 0 Å². The summed E-state index contributed by atoms with van der Waals surface area (Å²) in [6, 6.07) is 20.0. The lowest BCUT2D eigenvalue weighted by atomic mass is 10.0. The number of carbonyl (C=O) groups is 1. The Labute approximate surface area is 132 Å². The zero-order valence-electron chi connectivity index (χ0n) is 13.4. The molecule has 0 spiro atoms. The number of carboxylic acids is 1. The van der Waals surface area contributed by atoms with Gasteiger partial charge in [0.05, 0.1) is 6.61 Å². The van der Waals surface area contributed by atoms with Crippen molar-refractivity contribution in [2.75, 3.05) is 0 Å². The highest BCUT2D eigenvalue weighted by Crippen LogP contribution is 2.11. The quantitative estimate of drug-likeness (QED) is 0.885. The van der Waals surface area contributed by atoms with Crippen LogP contribution >= 0.6 is 0 Å². The minimum atomic E-state index is -0.934. The second-order valence-corrected chi connectivity index (χ2v) is 5.34. The molecule has 0 radical (unpaired) electrons. The molecule has 118 valence electrons. The summed E-state index contributed by atoms with van der Waals surface area (Å²) in [7, 11) is 0. The van der Waals surface area contributed by atoms with Gasteiger partial charge < -0.3 is 9.84 Å². The number of rotatable bonds is 5. The fraction of sp³-hybridized carbons (Fsp3) is 0.316. The maximum atomic E-state index is 10.4. The smallest absolute Gasteiger partial charge is 0.332 e. The van der Waals surface area contributed by atoms with Gasteiger partial charge in [-0.1, -0.05) is 74.5 Å². The summed E-state index contributed by atoms with van der Waals surface area (Å²) in [6.45, 7) is 6.27. The highest BCUT2D eigenvalue weighted by molar-refractivity contribution is 5.71. The predicted molar refractivity (Wildman–Crippen MR) is 88.9 cm³/mol. The largest absolute Gasteiger partial charge is 0.479 e. The molecular formula is C19H24O3. The first-order valence-electron chi connectivity index (χ1n) is 7.44. The summed E-state index contributed by atoms with van der Waals surface area (Å²) in [5.41, 5.74) is 2.40. The van der Waals surface area contributed by atoms with E-state index in [1.54, 1.807) is 0 Å². The van der Waals surface area contributed by atoms with E-state index in [4.69, 9.17) is 9.84 Å². The van der Waals surface area contributed by atoms with Crippen molar-refractivity contribution in [1.29, 1.82) is 0 Å². The van der Waals surface area contributed by atoms with Gasteiger partial charge in [-0.2, -0.15) is 0 Å². The van der Waals surface area contributed by atoms with Crippen LogP contribution in [0.25, 0.3) is 0 Å². The standard InChI is InChI=1S/C10H12O3.C9H12/c1-8(10(11)12)13-7-9-5-3-2-4-6-9;1-8(2)9-6-4-3-5-7-9/h2-6,8H,7H2,1H3,(H,11,12);3-8H,1-2H3/t8-;/m0./s1. The van der Waals surface area contributed by atoms with Crippen molar-refractivity contribution in [3.05, 3.63) is 71.8 Å². The third kappa shape index (κ3) is 7.04. The maximum absolute atomic E-state index is 10.4. The zero-order chi connectivity index (χ0) is 16.4. The van der Waals surface area contributed by atoms with Crippen molar-refractivity contribution < 1.29 is 14.6 Å². The van der Waals surface area contributed by atoms with Crippen LogP contribution < -0.4 is 0 Å². The van der Waals surface area contributed by atoms with Crippen LogP contribution in [0, 0.1) is 0 Å². The third-order valence-electron chi connectivity index (χ3n) is 3.16. The molecule has 3 nitrogen and oxygen atoms in total. The predicted octanol–water partition coefficient (Wildman–Crippen LogP) is 4.49. The Morgan fingerprint density at radius 2 is 1.45 bits per heavy atom. The molecule has 0 fully saturated rings. The molecule has 2 rings (SSSR count). The molecule has 0 saturated heterocycles. The van der Waals surface area contributed by atoms with Gasteiger partial charge >= 0.3 is 5.97 Å². The molecular weight excluding hydrogens is 276 g/mol. The van der Waals surface area contributed by atoms with E-state index >= 15 is 0 Å². The molecule has 2 aromatic rings. The lowest BCUT2D eigenvalue weighted by Gasteiger charge is -2.07. The molecule has 3 heteroatoms. The van der Waals surface area contributed by atoms with Crippen LogP contribution in [-0.2, 0) is 16.1 Å². The second kappa shape index (κ2) is 9.74. The minimum absolute atomic E-state index is 0.342. The summed E-state index contributed by atoms with van der Waals surface area (Å²) in [5.74, 6) is -0.276. The lowest BCUT2D eigenvalue weighted by molar-refractivity contribution is -0.149. The molecule has 0 heterocycles. The first-order valence-corrected chi connectivity index (χ1v) is 7.44. The highest BCUT2D eigenvalue weighted by Gasteiger charge is 2.10. The Bertz CT molecular complexity index is 535. The van der Waals surface area contributed by atoms with Gasteiger partial charge in [-0.25, -0.2) is 4.79 Å². The minimum Gasteiger partial charge on any atom is -0.479 e. The molecule has 0 unspecified atom stereocenters. The van der Waals surface area contributed by atoms with Crippen LogP contribution in [0.15, 0.2) is 60.7 Å². The molecule has 0 saturated carbocycles. The van der Waals surface area contributed by atoms with E-state index in [1.807, 2.05) is 36.4 Å². The van der Waals surface area contributed by atoms with Crippen molar-refractivity contribution in [1.82, 2.24) is 0 Å². The zero-order valence-corrected chi connectivity index (χ0v) is 13.4. The van der Waals surface area contributed by atoms with Gasteiger partial charge in [0.1, 0.15) is 0 Å². The molecule has 0 aliphatic rings. The summed E-state index contributed by atoms with van der Waals surface area (Å²) in [4.78, 5) is 10.4. The Balaban J connectivity index is 0.000000235. The number of carboxylic acid groups (broad SMARTS) is 1. The molecule has 0 amide bonds. The van der Waals surface area contributed by atoms with Gasteiger partial charge in [0.15, 0.2) is 6.10 Å². The molecule has 2 aromatic carbocycles. The normalized spacial score (nSPS) is 11.5. The second-order valence-electron chi connectivity index (χ2n) is 5.34. The molecule has 22 heavy (non-hydrogen) atoms. The summed E-state index contributed by atoms with van der Waals surface area (Å²) >= 11 is 0. The Hall–Kier alpha value is -2.13. The van der Waals surface area contributed by atoms with E-state index in [2.05, 4.69) is 38.1 Å². The van der Waals surface area contributed by atoms with Crippen molar-refractivity contribution in [3.8, 4) is 0 Å². The van der Waals surface area contributed by atoms with Crippen molar-refractivity contribution in [2.45, 2.75) is 39.4 Å². The van der Waals surface area contributed by atoms with Crippen molar-refractivity contribution in [2.24, 2.45) is 0 Å². The summed E-state index contributed by atoms with van der Waals surface area (Å²) < 4.78 is 5.09. The number of hydrogen-bond acceptors (Lipinski definition) is 2. The van der Waals surface area contributed by atoms with Crippen molar-refractivity contribution >= 4 is 5.97 Å². The van der Waals surface area contributed by atoms with Crippen LogP contribution in [0.4, 0.5) is 0 Å². The van der Waals surface area contributed by atoms with Gasteiger partial charge in [-0.3, -0.25) is 0 Å². The van der Waals surface area contributed by atoms with Crippen LogP contribution in [0.3, 0.4) is 0 Å². The summed E-state index contributed by atoms with van der Waals surface area (Å²) in [6.07, 6.45) is -0.750. The van der Waals surface area contributed by atoms with E-state index in [0.717, 1.165) is 5.56 Å². The first-order chi connectivity index (χ1) is 10.5. The molecule has 0 bridgehead atoms. The number of hydrogen-bond donors (Lipinski definition) is 1. The van der Waals surface area contributed by atoms with Gasteiger partial charge in [0.25, 0.3) is 0 Å². The number of benzene rings is 2. The third-order valence-corrected chi connectivity index (χ3v) is 3.16. The lowest BCUT2D eigenvalue weighted by Crippen LogP contribution is -2.19. The van der Waals surface area contributed by atoms with E-state index in [1.165, 1.54) is 12.5 Å². The van der Waals surface area contributed by atoms with E-state index in [-0.39, 0.29) is 0 Å². The molecule has 0 aliphatic heterocycles. The monoisotopic (exact) mass is 300 g/mol. The van der Waals surface area contributed by atoms with Crippen LogP contribution in [0.2, 0.25) is 0 Å². The van der Waals surface area contributed by atoms with Crippen LogP contribution in [0.5, 0.6) is 0 Å². The van der Waals surface area contributed by atoms with Crippen LogP contribution in [0.1, 0.15) is 37.8 Å².